The van der Waals surface area contributed by atoms with Gasteiger partial charge >= 0.3 is 0 Å². The predicted molar refractivity (Wildman–Crippen MR) is 53.3 cm³/mol. The third-order valence-corrected chi connectivity index (χ3v) is 2.43. The normalized spacial score (nSPS) is 10.9. The predicted octanol–water partition coefficient (Wildman–Crippen LogP) is 3.73. The van der Waals surface area contributed by atoms with Crippen LogP contribution in [-0.2, 0) is 0 Å². The van der Waals surface area contributed by atoms with Gasteiger partial charge in [0.1, 0.15) is 11.6 Å². The summed E-state index contributed by atoms with van der Waals surface area (Å²) in [6.45, 7) is 3.35. The molecule has 2 rings (SSSR count). The molecule has 2 aromatic rings. The maximum absolute atomic E-state index is 13.5. The van der Waals surface area contributed by atoms with E-state index in [0.29, 0.717) is 16.5 Å². The molecule has 0 aliphatic rings. The van der Waals surface area contributed by atoms with Crippen molar-refractivity contribution in [3.8, 4) is 0 Å². The second-order valence-electron chi connectivity index (χ2n) is 3.52. The van der Waals surface area contributed by atoms with Crippen LogP contribution in [0.25, 0.3) is 10.8 Å². The monoisotopic (exact) mass is 192 g/mol. The van der Waals surface area contributed by atoms with E-state index in [4.69, 9.17) is 0 Å². The van der Waals surface area contributed by atoms with E-state index < -0.39 is 0 Å². The van der Waals surface area contributed by atoms with Crippen molar-refractivity contribution in [1.29, 1.82) is 0 Å². The van der Waals surface area contributed by atoms with Crippen LogP contribution in [0, 0.1) is 25.5 Å². The third kappa shape index (κ3) is 1.27. The fraction of sp³-hybridized carbons (Fsp3) is 0.167. The van der Waals surface area contributed by atoms with Crippen LogP contribution in [0.2, 0.25) is 0 Å². The molecule has 0 nitrogen and oxygen atoms in total. The SMILES string of the molecule is Cc1cc2ccc(C)c(F)c2cc1F. The van der Waals surface area contributed by atoms with Gasteiger partial charge in [0.25, 0.3) is 0 Å². The minimum absolute atomic E-state index is 0.332. The van der Waals surface area contributed by atoms with Gasteiger partial charge in [0.05, 0.1) is 0 Å². The molecule has 0 saturated heterocycles. The highest BCUT2D eigenvalue weighted by molar-refractivity contribution is 5.84. The van der Waals surface area contributed by atoms with Crippen molar-refractivity contribution in [2.45, 2.75) is 13.8 Å². The quantitative estimate of drug-likeness (QED) is 0.596. The minimum atomic E-state index is -0.359. The molecule has 2 aromatic carbocycles. The lowest BCUT2D eigenvalue weighted by Gasteiger charge is -2.04. The molecule has 0 N–H and O–H groups in total. The number of rotatable bonds is 0. The second kappa shape index (κ2) is 3.05. The highest BCUT2D eigenvalue weighted by Crippen LogP contribution is 2.23. The summed E-state index contributed by atoms with van der Waals surface area (Å²) >= 11 is 0. The van der Waals surface area contributed by atoms with E-state index in [1.807, 2.05) is 0 Å². The highest BCUT2D eigenvalue weighted by atomic mass is 19.1. The summed E-state index contributed by atoms with van der Waals surface area (Å²) in [7, 11) is 0. The minimum Gasteiger partial charge on any atom is -0.207 e. The first-order valence-corrected chi connectivity index (χ1v) is 4.44. The van der Waals surface area contributed by atoms with Crippen LogP contribution in [0.4, 0.5) is 8.78 Å². The molecular weight excluding hydrogens is 182 g/mol. The van der Waals surface area contributed by atoms with Gasteiger partial charge in [0.15, 0.2) is 0 Å². The van der Waals surface area contributed by atoms with Crippen molar-refractivity contribution in [1.82, 2.24) is 0 Å². The number of benzene rings is 2. The Labute approximate surface area is 81.2 Å². The van der Waals surface area contributed by atoms with Crippen LogP contribution in [0.5, 0.6) is 0 Å². The Balaban J connectivity index is 2.89. The molecule has 0 radical (unpaired) electrons. The van der Waals surface area contributed by atoms with Gasteiger partial charge in [-0.25, -0.2) is 8.78 Å². The Morgan fingerprint density at radius 1 is 0.929 bits per heavy atom. The molecule has 0 heterocycles. The Bertz CT molecular complexity index is 501. The van der Waals surface area contributed by atoms with Crippen molar-refractivity contribution < 1.29 is 8.78 Å². The topological polar surface area (TPSA) is 0 Å². The molecule has 0 aliphatic carbocycles. The molecule has 0 atom stereocenters. The molecule has 14 heavy (non-hydrogen) atoms. The average Bonchev–Trinajstić information content (AvgIpc) is 2.15. The fourth-order valence-corrected chi connectivity index (χ4v) is 1.53. The summed E-state index contributed by atoms with van der Waals surface area (Å²) in [4.78, 5) is 0. The van der Waals surface area contributed by atoms with Crippen LogP contribution in [-0.4, -0.2) is 0 Å². The molecule has 0 saturated carbocycles. The molecule has 72 valence electrons. The van der Waals surface area contributed by atoms with Gasteiger partial charge in [0.2, 0.25) is 0 Å². The summed E-state index contributed by atoms with van der Waals surface area (Å²) in [5.41, 5.74) is 1.08. The molecule has 0 unspecified atom stereocenters. The van der Waals surface area contributed by atoms with Gasteiger partial charge < -0.3 is 0 Å². The second-order valence-corrected chi connectivity index (χ2v) is 3.52. The van der Waals surface area contributed by atoms with Gasteiger partial charge in [-0.05, 0) is 42.5 Å². The zero-order valence-corrected chi connectivity index (χ0v) is 8.07. The van der Waals surface area contributed by atoms with Gasteiger partial charge in [-0.15, -0.1) is 0 Å². The maximum Gasteiger partial charge on any atom is 0.134 e. The van der Waals surface area contributed by atoms with Crippen molar-refractivity contribution in [2.75, 3.05) is 0 Å². The molecule has 0 spiro atoms. The van der Waals surface area contributed by atoms with E-state index in [2.05, 4.69) is 0 Å². The first kappa shape index (κ1) is 9.13. The zero-order valence-electron chi connectivity index (χ0n) is 8.07. The first-order valence-electron chi connectivity index (χ1n) is 4.44. The van der Waals surface area contributed by atoms with Crippen LogP contribution in [0.1, 0.15) is 11.1 Å². The van der Waals surface area contributed by atoms with E-state index in [1.165, 1.54) is 6.07 Å². The Morgan fingerprint density at radius 2 is 1.64 bits per heavy atom. The maximum atomic E-state index is 13.5. The average molecular weight is 192 g/mol. The smallest absolute Gasteiger partial charge is 0.134 e. The Hall–Kier alpha value is -1.44. The van der Waals surface area contributed by atoms with Crippen molar-refractivity contribution in [3.63, 3.8) is 0 Å². The van der Waals surface area contributed by atoms with Crippen LogP contribution >= 0.6 is 0 Å². The number of hydrogen-bond acceptors (Lipinski definition) is 0. The Kier molecular flexibility index (Phi) is 1.99. The molecule has 2 heteroatoms. The number of fused-ring (bicyclic) bond motifs is 1. The molecule has 0 bridgehead atoms. The van der Waals surface area contributed by atoms with E-state index in [-0.39, 0.29) is 11.6 Å². The van der Waals surface area contributed by atoms with Crippen molar-refractivity contribution >= 4 is 10.8 Å². The summed E-state index contributed by atoms with van der Waals surface area (Å²) in [6.07, 6.45) is 0. The fourth-order valence-electron chi connectivity index (χ4n) is 1.53. The molecular formula is C12H10F2. The Morgan fingerprint density at radius 3 is 2.36 bits per heavy atom. The number of hydrogen-bond donors (Lipinski definition) is 0. The largest absolute Gasteiger partial charge is 0.207 e. The lowest BCUT2D eigenvalue weighted by molar-refractivity contribution is 0.612. The van der Waals surface area contributed by atoms with Gasteiger partial charge in [0, 0.05) is 5.39 Å². The van der Waals surface area contributed by atoms with Crippen LogP contribution < -0.4 is 0 Å². The highest BCUT2D eigenvalue weighted by Gasteiger charge is 2.06. The summed E-state index contributed by atoms with van der Waals surface area (Å²) in [6, 6.07) is 6.43. The van der Waals surface area contributed by atoms with E-state index in [9.17, 15) is 8.78 Å². The van der Waals surface area contributed by atoms with Gasteiger partial charge in [-0.3, -0.25) is 0 Å². The lowest BCUT2D eigenvalue weighted by atomic mass is 10.0. The summed E-state index contributed by atoms with van der Waals surface area (Å²) < 4.78 is 26.7. The zero-order chi connectivity index (χ0) is 10.3. The number of aryl methyl sites for hydroxylation is 2. The van der Waals surface area contributed by atoms with Crippen LogP contribution in [0.3, 0.4) is 0 Å². The summed E-state index contributed by atoms with van der Waals surface area (Å²) in [5.74, 6) is -0.691. The van der Waals surface area contributed by atoms with E-state index in [0.717, 1.165) is 5.39 Å². The van der Waals surface area contributed by atoms with Crippen LogP contribution in [0.15, 0.2) is 24.3 Å². The van der Waals surface area contributed by atoms with Gasteiger partial charge in [-0.2, -0.15) is 0 Å². The first-order chi connectivity index (χ1) is 6.59. The molecule has 0 aliphatic heterocycles. The van der Waals surface area contributed by atoms with Gasteiger partial charge in [-0.1, -0.05) is 12.1 Å². The van der Waals surface area contributed by atoms with Crippen molar-refractivity contribution in [3.05, 3.63) is 47.0 Å². The van der Waals surface area contributed by atoms with E-state index >= 15 is 0 Å². The molecule has 0 aromatic heterocycles. The lowest BCUT2D eigenvalue weighted by Crippen LogP contribution is -1.88. The standard InChI is InChI=1S/C12H10F2/c1-7-3-4-9-5-8(2)11(13)6-10(9)12(7)14/h3-6H,1-2H3. The van der Waals surface area contributed by atoms with Crippen molar-refractivity contribution in [2.24, 2.45) is 0 Å². The van der Waals surface area contributed by atoms with E-state index in [1.54, 1.807) is 32.0 Å². The molecule has 0 amide bonds. The summed E-state index contributed by atoms with van der Waals surface area (Å²) in [5, 5.41) is 1.10. The molecule has 0 fully saturated rings. The third-order valence-electron chi connectivity index (χ3n) is 2.43. The number of halogens is 2.